The van der Waals surface area contributed by atoms with Gasteiger partial charge in [-0.05, 0) is 23.6 Å². The first-order chi connectivity index (χ1) is 11.6. The van der Waals surface area contributed by atoms with Gasteiger partial charge in [0.1, 0.15) is 11.2 Å². The average Bonchev–Trinajstić information content (AvgIpc) is 3.10. The second-order valence-electron chi connectivity index (χ2n) is 5.70. The lowest BCUT2D eigenvalue weighted by Crippen LogP contribution is -2.39. The van der Waals surface area contributed by atoms with E-state index in [1.807, 2.05) is 48.6 Å². The van der Waals surface area contributed by atoms with Gasteiger partial charge in [-0.15, -0.1) is 0 Å². The fourth-order valence-electron chi connectivity index (χ4n) is 3.12. The Morgan fingerprint density at radius 2 is 2.04 bits per heavy atom. The number of fused-ring (bicyclic) bond motifs is 2. The maximum absolute atomic E-state index is 11.9. The molecule has 0 spiro atoms. The van der Waals surface area contributed by atoms with E-state index in [1.54, 1.807) is 12.3 Å². The Hall–Kier alpha value is -3.18. The second kappa shape index (κ2) is 5.18. The van der Waals surface area contributed by atoms with E-state index < -0.39 is 11.3 Å². The number of ketones is 1. The molecular weight excluding hydrogens is 302 g/mol. The molecule has 4 rings (SSSR count). The average molecular weight is 315 g/mol. The number of pyridine rings is 1. The predicted octanol–water partition coefficient (Wildman–Crippen LogP) is 2.23. The normalized spacial score (nSPS) is 21.4. The third-order valence-corrected chi connectivity index (χ3v) is 4.28. The molecule has 1 aliphatic carbocycles. The van der Waals surface area contributed by atoms with Gasteiger partial charge in [-0.3, -0.25) is 14.6 Å². The number of carbonyl (C=O) groups is 2. The molecule has 2 heterocycles. The molecule has 2 aliphatic rings. The SMILES string of the molecule is NC1(c2nc(C(=O)C=O)cc3ccccc23)C=CC=C2N=CC=C21. The van der Waals surface area contributed by atoms with Crippen molar-refractivity contribution < 1.29 is 9.59 Å². The first-order valence-corrected chi connectivity index (χ1v) is 7.47. The van der Waals surface area contributed by atoms with Crippen molar-refractivity contribution in [2.75, 3.05) is 0 Å². The number of nitrogens with zero attached hydrogens (tertiary/aromatic N) is 2. The Balaban J connectivity index is 2.02. The number of aliphatic imine (C=N–C) groups is 1. The summed E-state index contributed by atoms with van der Waals surface area (Å²) in [6.07, 6.45) is 9.35. The summed E-state index contributed by atoms with van der Waals surface area (Å²) in [4.78, 5) is 31.5. The third-order valence-electron chi connectivity index (χ3n) is 4.28. The summed E-state index contributed by atoms with van der Waals surface area (Å²) in [6, 6.07) is 9.14. The van der Waals surface area contributed by atoms with Crippen LogP contribution in [-0.2, 0) is 10.3 Å². The van der Waals surface area contributed by atoms with Crippen LogP contribution in [0.4, 0.5) is 0 Å². The Kier molecular flexibility index (Phi) is 3.11. The summed E-state index contributed by atoms with van der Waals surface area (Å²) in [5.41, 5.74) is 7.91. The maximum Gasteiger partial charge on any atom is 0.243 e. The number of rotatable bonds is 3. The van der Waals surface area contributed by atoms with Crippen LogP contribution in [0.1, 0.15) is 16.2 Å². The molecule has 5 heteroatoms. The third kappa shape index (κ3) is 1.99. The second-order valence-corrected chi connectivity index (χ2v) is 5.70. The minimum absolute atomic E-state index is 0.0903. The van der Waals surface area contributed by atoms with E-state index in [-0.39, 0.29) is 12.0 Å². The Labute approximate surface area is 137 Å². The number of carbonyl (C=O) groups excluding carboxylic acids is 2. The van der Waals surface area contributed by atoms with Crippen LogP contribution < -0.4 is 5.73 Å². The molecule has 1 atom stereocenters. The molecule has 0 bridgehead atoms. The van der Waals surface area contributed by atoms with Gasteiger partial charge in [-0.2, -0.15) is 0 Å². The molecule has 2 N–H and O–H groups in total. The lowest BCUT2D eigenvalue weighted by atomic mass is 9.80. The molecule has 0 fully saturated rings. The summed E-state index contributed by atoms with van der Waals surface area (Å²) in [5.74, 6) is -0.669. The minimum Gasteiger partial charge on any atom is -0.313 e. The number of hydrogen-bond acceptors (Lipinski definition) is 5. The van der Waals surface area contributed by atoms with Crippen molar-refractivity contribution >= 4 is 29.1 Å². The zero-order valence-electron chi connectivity index (χ0n) is 12.6. The molecule has 1 aromatic heterocycles. The molecule has 1 aliphatic heterocycles. The van der Waals surface area contributed by atoms with Crippen molar-refractivity contribution in [1.29, 1.82) is 0 Å². The highest BCUT2D eigenvalue weighted by molar-refractivity contribution is 6.33. The van der Waals surface area contributed by atoms with E-state index in [0.29, 0.717) is 5.69 Å². The van der Waals surface area contributed by atoms with E-state index in [9.17, 15) is 9.59 Å². The van der Waals surface area contributed by atoms with Crippen molar-refractivity contribution in [3.05, 3.63) is 77.3 Å². The number of hydrogen-bond donors (Lipinski definition) is 1. The van der Waals surface area contributed by atoms with Gasteiger partial charge in [0, 0.05) is 17.2 Å². The van der Waals surface area contributed by atoms with Gasteiger partial charge in [0.25, 0.3) is 0 Å². The van der Waals surface area contributed by atoms with Crippen LogP contribution in [0.15, 0.2) is 70.9 Å². The molecule has 0 amide bonds. The van der Waals surface area contributed by atoms with E-state index in [2.05, 4.69) is 9.98 Å². The highest BCUT2D eigenvalue weighted by atomic mass is 16.2. The number of nitrogens with two attached hydrogens (primary N) is 1. The summed E-state index contributed by atoms with van der Waals surface area (Å²) in [5, 5.41) is 1.64. The van der Waals surface area contributed by atoms with Gasteiger partial charge < -0.3 is 5.73 Å². The van der Waals surface area contributed by atoms with Gasteiger partial charge in [0.2, 0.25) is 5.78 Å². The first kappa shape index (κ1) is 14.4. The van der Waals surface area contributed by atoms with Crippen molar-refractivity contribution in [1.82, 2.24) is 4.98 Å². The van der Waals surface area contributed by atoms with E-state index in [4.69, 9.17) is 5.73 Å². The van der Waals surface area contributed by atoms with E-state index in [0.717, 1.165) is 22.0 Å². The number of Topliss-reactive ketones (excluding diaryl/α,β-unsaturated/α-hetero) is 1. The zero-order valence-corrected chi connectivity index (χ0v) is 12.6. The van der Waals surface area contributed by atoms with Crippen LogP contribution in [0.2, 0.25) is 0 Å². The fourth-order valence-corrected chi connectivity index (χ4v) is 3.12. The quantitative estimate of drug-likeness (QED) is 0.535. The molecule has 0 saturated carbocycles. The van der Waals surface area contributed by atoms with Crippen molar-refractivity contribution in [2.45, 2.75) is 5.54 Å². The van der Waals surface area contributed by atoms with Crippen LogP contribution in [-0.4, -0.2) is 23.3 Å². The Morgan fingerprint density at radius 1 is 1.21 bits per heavy atom. The summed E-state index contributed by atoms with van der Waals surface area (Å²) in [6.45, 7) is 0. The summed E-state index contributed by atoms with van der Waals surface area (Å²) in [7, 11) is 0. The van der Waals surface area contributed by atoms with Crippen molar-refractivity contribution in [3.63, 3.8) is 0 Å². The molecular formula is C19H13N3O2. The topological polar surface area (TPSA) is 85.4 Å². The number of aldehydes is 1. The molecule has 24 heavy (non-hydrogen) atoms. The zero-order chi connectivity index (χ0) is 16.7. The lowest BCUT2D eigenvalue weighted by Gasteiger charge is -2.31. The number of aromatic nitrogens is 1. The summed E-state index contributed by atoms with van der Waals surface area (Å²) < 4.78 is 0. The minimum atomic E-state index is -1.01. The van der Waals surface area contributed by atoms with Gasteiger partial charge in [-0.1, -0.05) is 36.4 Å². The van der Waals surface area contributed by atoms with Gasteiger partial charge >= 0.3 is 0 Å². The van der Waals surface area contributed by atoms with E-state index in [1.165, 1.54) is 0 Å². The molecule has 1 aromatic carbocycles. The van der Waals surface area contributed by atoms with Crippen molar-refractivity contribution in [3.8, 4) is 0 Å². The molecule has 2 aromatic rings. The molecule has 0 saturated heterocycles. The maximum atomic E-state index is 11.9. The fraction of sp³-hybridized carbons (Fsp3) is 0.0526. The Morgan fingerprint density at radius 3 is 2.88 bits per heavy atom. The van der Waals surface area contributed by atoms with Crippen LogP contribution in [0.5, 0.6) is 0 Å². The highest BCUT2D eigenvalue weighted by Crippen LogP contribution is 2.40. The predicted molar refractivity (Wildman–Crippen MR) is 91.8 cm³/mol. The van der Waals surface area contributed by atoms with Crippen LogP contribution in [0.25, 0.3) is 10.8 Å². The van der Waals surface area contributed by atoms with Crippen LogP contribution >= 0.6 is 0 Å². The Bertz CT molecular complexity index is 1010. The van der Waals surface area contributed by atoms with Crippen molar-refractivity contribution in [2.24, 2.45) is 10.7 Å². The smallest absolute Gasteiger partial charge is 0.243 e. The van der Waals surface area contributed by atoms with Gasteiger partial charge in [-0.25, -0.2) is 4.98 Å². The van der Waals surface area contributed by atoms with Crippen LogP contribution in [0.3, 0.4) is 0 Å². The van der Waals surface area contributed by atoms with E-state index >= 15 is 0 Å². The highest BCUT2D eigenvalue weighted by Gasteiger charge is 2.37. The number of allylic oxidation sites excluding steroid dienone is 3. The first-order valence-electron chi connectivity index (χ1n) is 7.47. The largest absolute Gasteiger partial charge is 0.313 e. The van der Waals surface area contributed by atoms with Gasteiger partial charge in [0.05, 0.1) is 11.4 Å². The molecule has 5 nitrogen and oxygen atoms in total. The summed E-state index contributed by atoms with van der Waals surface area (Å²) >= 11 is 0. The number of benzene rings is 1. The standard InChI is InChI=1S/C19H13N3O2/c20-19(8-3-6-15-14(19)7-9-21-15)18-13-5-2-1-4-12(13)10-16(22-18)17(24)11-23/h1-11H,20H2. The molecule has 116 valence electrons. The molecule has 1 unspecified atom stereocenters. The van der Waals surface area contributed by atoms with Crippen LogP contribution in [0, 0.1) is 0 Å². The lowest BCUT2D eigenvalue weighted by molar-refractivity contribution is -0.104. The van der Waals surface area contributed by atoms with Gasteiger partial charge in [0.15, 0.2) is 6.29 Å². The monoisotopic (exact) mass is 315 g/mol. The molecule has 0 radical (unpaired) electrons.